The Morgan fingerprint density at radius 1 is 1.50 bits per heavy atom. The van der Waals surface area contributed by atoms with Crippen LogP contribution in [0.25, 0.3) is 0 Å². The van der Waals surface area contributed by atoms with Gasteiger partial charge in [0.1, 0.15) is 10.9 Å². The molecule has 100 valence electrons. The van der Waals surface area contributed by atoms with Crippen LogP contribution in [-0.2, 0) is 11.8 Å². The molecular formula is C11H16N2O4S. The minimum atomic E-state index is -1.06. The summed E-state index contributed by atoms with van der Waals surface area (Å²) in [6, 6.07) is -0.913. The second kappa shape index (κ2) is 5.81. The van der Waals surface area contributed by atoms with Crippen molar-refractivity contribution >= 4 is 23.2 Å². The lowest BCUT2D eigenvalue weighted by Gasteiger charge is -2.12. The minimum Gasteiger partial charge on any atom is -0.480 e. The second-order valence-corrected chi connectivity index (χ2v) is 4.96. The van der Waals surface area contributed by atoms with E-state index in [1.165, 1.54) is 4.57 Å². The minimum absolute atomic E-state index is 0.236. The van der Waals surface area contributed by atoms with Gasteiger partial charge in [0, 0.05) is 12.7 Å². The van der Waals surface area contributed by atoms with Crippen LogP contribution in [0.2, 0.25) is 0 Å². The normalized spacial score (nSPS) is 12.2. The van der Waals surface area contributed by atoms with E-state index < -0.39 is 17.9 Å². The van der Waals surface area contributed by atoms with Crippen molar-refractivity contribution in [2.45, 2.75) is 32.7 Å². The number of nitrogens with zero attached hydrogens (tertiary/aromatic N) is 1. The SMILES string of the molecule is CCCC(NC(=O)c1sc(=O)n(C)c1C)C(=O)O. The molecule has 0 aliphatic heterocycles. The average molecular weight is 272 g/mol. The van der Waals surface area contributed by atoms with Crippen LogP contribution < -0.4 is 10.2 Å². The molecule has 7 heteroatoms. The first-order chi connectivity index (χ1) is 8.38. The maximum absolute atomic E-state index is 11.9. The molecule has 0 saturated carbocycles. The van der Waals surface area contributed by atoms with Crippen LogP contribution in [0.5, 0.6) is 0 Å². The van der Waals surface area contributed by atoms with Crippen molar-refractivity contribution in [3.05, 3.63) is 20.2 Å². The zero-order valence-corrected chi connectivity index (χ0v) is 11.3. The number of aromatic nitrogens is 1. The Balaban J connectivity index is 2.90. The Bertz CT molecular complexity index is 518. The van der Waals surface area contributed by atoms with Crippen molar-refractivity contribution in [3.63, 3.8) is 0 Å². The Morgan fingerprint density at radius 2 is 2.11 bits per heavy atom. The van der Waals surface area contributed by atoms with E-state index in [9.17, 15) is 14.4 Å². The van der Waals surface area contributed by atoms with Crippen molar-refractivity contribution in [1.82, 2.24) is 9.88 Å². The molecule has 6 nitrogen and oxygen atoms in total. The molecule has 18 heavy (non-hydrogen) atoms. The monoisotopic (exact) mass is 272 g/mol. The van der Waals surface area contributed by atoms with E-state index >= 15 is 0 Å². The highest BCUT2D eigenvalue weighted by atomic mass is 32.1. The lowest BCUT2D eigenvalue weighted by atomic mass is 10.1. The molecule has 1 atom stereocenters. The highest BCUT2D eigenvalue weighted by Crippen LogP contribution is 2.11. The van der Waals surface area contributed by atoms with E-state index in [0.717, 1.165) is 11.3 Å². The van der Waals surface area contributed by atoms with E-state index in [2.05, 4.69) is 5.32 Å². The number of carbonyl (C=O) groups excluding carboxylic acids is 1. The molecule has 0 aliphatic carbocycles. The summed E-state index contributed by atoms with van der Waals surface area (Å²) in [7, 11) is 1.58. The third-order valence-corrected chi connectivity index (χ3v) is 3.82. The van der Waals surface area contributed by atoms with Crippen LogP contribution in [-0.4, -0.2) is 27.6 Å². The van der Waals surface area contributed by atoms with Gasteiger partial charge in [-0.25, -0.2) is 4.79 Å². The zero-order valence-electron chi connectivity index (χ0n) is 10.5. The summed E-state index contributed by atoms with van der Waals surface area (Å²) in [5.74, 6) is -1.57. The Kier molecular flexibility index (Phi) is 4.66. The summed E-state index contributed by atoms with van der Waals surface area (Å²) < 4.78 is 1.37. The highest BCUT2D eigenvalue weighted by Gasteiger charge is 2.22. The smallest absolute Gasteiger partial charge is 0.326 e. The fourth-order valence-electron chi connectivity index (χ4n) is 1.50. The van der Waals surface area contributed by atoms with Gasteiger partial charge in [0.05, 0.1) is 0 Å². The van der Waals surface area contributed by atoms with Gasteiger partial charge < -0.3 is 15.0 Å². The number of nitrogens with one attached hydrogen (secondary N) is 1. The standard InChI is InChI=1S/C11H16N2O4S/c1-4-5-7(10(15)16)12-9(14)8-6(2)13(3)11(17)18-8/h7H,4-5H2,1-3H3,(H,12,14)(H,15,16). The lowest BCUT2D eigenvalue weighted by molar-refractivity contribution is -0.139. The van der Waals surface area contributed by atoms with Gasteiger partial charge >= 0.3 is 10.8 Å². The molecule has 1 aromatic rings. The fraction of sp³-hybridized carbons (Fsp3) is 0.545. The van der Waals surface area contributed by atoms with Gasteiger partial charge in [-0.15, -0.1) is 0 Å². The van der Waals surface area contributed by atoms with E-state index in [1.807, 2.05) is 6.92 Å². The van der Waals surface area contributed by atoms with E-state index in [0.29, 0.717) is 18.5 Å². The van der Waals surface area contributed by atoms with Gasteiger partial charge in [-0.3, -0.25) is 9.59 Å². The molecule has 0 spiro atoms. The van der Waals surface area contributed by atoms with Crippen LogP contribution in [0.15, 0.2) is 4.79 Å². The van der Waals surface area contributed by atoms with Gasteiger partial charge in [-0.1, -0.05) is 24.7 Å². The summed E-state index contributed by atoms with van der Waals surface area (Å²) in [6.45, 7) is 3.50. The number of aliphatic carboxylic acids is 1. The van der Waals surface area contributed by atoms with Crippen molar-refractivity contribution in [1.29, 1.82) is 0 Å². The van der Waals surface area contributed by atoms with Gasteiger partial charge in [0.2, 0.25) is 0 Å². The number of amides is 1. The molecule has 0 bridgehead atoms. The molecule has 0 radical (unpaired) electrons. The van der Waals surface area contributed by atoms with Crippen molar-refractivity contribution < 1.29 is 14.7 Å². The molecule has 1 rings (SSSR count). The van der Waals surface area contributed by atoms with Crippen LogP contribution in [0.4, 0.5) is 0 Å². The molecule has 1 aromatic heterocycles. The number of carboxylic acids is 1. The molecule has 1 amide bonds. The first kappa shape index (κ1) is 14.4. The number of rotatable bonds is 5. The number of carbonyl (C=O) groups is 2. The molecule has 2 N–H and O–H groups in total. The summed E-state index contributed by atoms with van der Waals surface area (Å²) in [6.07, 6.45) is 1.02. The fourth-order valence-corrected chi connectivity index (χ4v) is 2.38. The van der Waals surface area contributed by atoms with E-state index in [4.69, 9.17) is 5.11 Å². The van der Waals surface area contributed by atoms with Crippen molar-refractivity contribution in [3.8, 4) is 0 Å². The van der Waals surface area contributed by atoms with Crippen LogP contribution in [0.1, 0.15) is 35.1 Å². The number of thiazole rings is 1. The number of hydrogen-bond acceptors (Lipinski definition) is 4. The molecule has 0 aliphatic rings. The summed E-state index contributed by atoms with van der Waals surface area (Å²) in [5, 5.41) is 11.4. The Hall–Kier alpha value is -1.63. The maximum atomic E-state index is 11.9. The predicted octanol–water partition coefficient (Wildman–Crippen LogP) is 0.738. The average Bonchev–Trinajstić information content (AvgIpc) is 2.56. The largest absolute Gasteiger partial charge is 0.480 e. The molecule has 0 aromatic carbocycles. The highest BCUT2D eigenvalue weighted by molar-refractivity contribution is 7.11. The Morgan fingerprint density at radius 3 is 2.50 bits per heavy atom. The first-order valence-electron chi connectivity index (χ1n) is 5.58. The van der Waals surface area contributed by atoms with Gasteiger partial charge in [-0.2, -0.15) is 0 Å². The molecular weight excluding hydrogens is 256 g/mol. The topological polar surface area (TPSA) is 88.4 Å². The maximum Gasteiger partial charge on any atom is 0.326 e. The second-order valence-electron chi connectivity index (χ2n) is 3.99. The van der Waals surface area contributed by atoms with Crippen LogP contribution in [0, 0.1) is 6.92 Å². The van der Waals surface area contributed by atoms with E-state index in [1.54, 1.807) is 14.0 Å². The summed E-state index contributed by atoms with van der Waals surface area (Å²) in [5.41, 5.74) is 0.545. The lowest BCUT2D eigenvalue weighted by Crippen LogP contribution is -2.40. The van der Waals surface area contributed by atoms with Crippen LogP contribution in [0.3, 0.4) is 0 Å². The number of carboxylic acid groups (broad SMARTS) is 1. The quantitative estimate of drug-likeness (QED) is 0.827. The predicted molar refractivity (Wildman–Crippen MR) is 68.1 cm³/mol. The molecule has 1 unspecified atom stereocenters. The zero-order chi connectivity index (χ0) is 13.9. The summed E-state index contributed by atoms with van der Waals surface area (Å²) in [4.78, 5) is 34.3. The summed E-state index contributed by atoms with van der Waals surface area (Å²) >= 11 is 0.823. The van der Waals surface area contributed by atoms with Gasteiger partial charge in [0.25, 0.3) is 5.91 Å². The third-order valence-electron chi connectivity index (χ3n) is 2.68. The van der Waals surface area contributed by atoms with E-state index in [-0.39, 0.29) is 9.75 Å². The number of hydrogen-bond donors (Lipinski definition) is 2. The van der Waals surface area contributed by atoms with Crippen molar-refractivity contribution in [2.24, 2.45) is 7.05 Å². The molecule has 1 heterocycles. The molecule has 0 fully saturated rings. The van der Waals surface area contributed by atoms with Crippen molar-refractivity contribution in [2.75, 3.05) is 0 Å². The van der Waals surface area contributed by atoms with Gasteiger partial charge in [-0.05, 0) is 13.3 Å². The van der Waals surface area contributed by atoms with Gasteiger partial charge in [0.15, 0.2) is 0 Å². The third kappa shape index (κ3) is 2.98. The van der Waals surface area contributed by atoms with Crippen LogP contribution >= 0.6 is 11.3 Å². The molecule has 0 saturated heterocycles. The Labute approximate surface area is 108 Å². The first-order valence-corrected chi connectivity index (χ1v) is 6.40.